The number of amides is 1. The molecule has 0 saturated heterocycles. The SMILES string of the molecule is O=C(NN=Cc1cc(Br)cs1)C(O)(c1ccccc1)c1ccccc1. The topological polar surface area (TPSA) is 61.7 Å². The van der Waals surface area contributed by atoms with E-state index >= 15 is 0 Å². The fourth-order valence-corrected chi connectivity index (χ4v) is 3.72. The van der Waals surface area contributed by atoms with Gasteiger partial charge < -0.3 is 5.11 Å². The highest BCUT2D eigenvalue weighted by atomic mass is 79.9. The van der Waals surface area contributed by atoms with Gasteiger partial charge in [0.25, 0.3) is 5.91 Å². The van der Waals surface area contributed by atoms with Crippen LogP contribution in [-0.4, -0.2) is 17.2 Å². The Hall–Kier alpha value is -2.28. The summed E-state index contributed by atoms with van der Waals surface area (Å²) in [5.41, 5.74) is 1.59. The van der Waals surface area contributed by atoms with Gasteiger partial charge in [-0.25, -0.2) is 5.43 Å². The molecule has 0 unspecified atom stereocenters. The first-order valence-corrected chi connectivity index (χ1v) is 9.19. The lowest BCUT2D eigenvalue weighted by Crippen LogP contribution is -2.43. The van der Waals surface area contributed by atoms with Crippen molar-refractivity contribution < 1.29 is 9.90 Å². The Morgan fingerprint density at radius 2 is 1.64 bits per heavy atom. The fraction of sp³-hybridized carbons (Fsp3) is 0.0526. The molecule has 1 amide bonds. The molecule has 0 spiro atoms. The molecule has 0 aliphatic heterocycles. The third kappa shape index (κ3) is 3.87. The maximum absolute atomic E-state index is 12.8. The van der Waals surface area contributed by atoms with Crippen LogP contribution in [0.3, 0.4) is 0 Å². The number of aliphatic hydroxyl groups is 1. The number of hydrogen-bond donors (Lipinski definition) is 2. The molecule has 0 radical (unpaired) electrons. The van der Waals surface area contributed by atoms with Gasteiger partial charge in [0.1, 0.15) is 0 Å². The fourth-order valence-electron chi connectivity index (χ4n) is 2.42. The summed E-state index contributed by atoms with van der Waals surface area (Å²) < 4.78 is 0.954. The maximum Gasteiger partial charge on any atom is 0.281 e. The molecule has 2 aromatic carbocycles. The number of hydrazone groups is 1. The number of nitrogens with zero attached hydrogens (tertiary/aromatic N) is 1. The van der Waals surface area contributed by atoms with Crippen LogP contribution < -0.4 is 5.43 Å². The number of hydrogen-bond acceptors (Lipinski definition) is 4. The maximum atomic E-state index is 12.8. The Morgan fingerprint density at radius 1 is 1.08 bits per heavy atom. The average molecular weight is 415 g/mol. The van der Waals surface area contributed by atoms with Gasteiger partial charge in [0.15, 0.2) is 5.60 Å². The van der Waals surface area contributed by atoms with Crippen molar-refractivity contribution in [1.82, 2.24) is 5.43 Å². The zero-order valence-corrected chi connectivity index (χ0v) is 15.5. The van der Waals surface area contributed by atoms with Gasteiger partial charge >= 0.3 is 0 Å². The number of halogens is 1. The van der Waals surface area contributed by atoms with Gasteiger partial charge in [0, 0.05) is 14.7 Å². The van der Waals surface area contributed by atoms with Gasteiger partial charge in [-0.15, -0.1) is 11.3 Å². The zero-order valence-electron chi connectivity index (χ0n) is 13.1. The van der Waals surface area contributed by atoms with E-state index < -0.39 is 11.5 Å². The van der Waals surface area contributed by atoms with E-state index in [0.717, 1.165) is 9.35 Å². The van der Waals surface area contributed by atoms with E-state index in [-0.39, 0.29) is 0 Å². The first kappa shape index (κ1) is 17.5. The van der Waals surface area contributed by atoms with E-state index in [2.05, 4.69) is 26.5 Å². The molecule has 0 atom stereocenters. The monoisotopic (exact) mass is 414 g/mol. The van der Waals surface area contributed by atoms with E-state index in [4.69, 9.17) is 0 Å². The van der Waals surface area contributed by atoms with Gasteiger partial charge in [0.05, 0.1) is 6.21 Å². The standard InChI is InChI=1S/C19H15BrN2O2S/c20-16-11-17(25-13-16)12-21-22-18(23)19(24,14-7-3-1-4-8-14)15-9-5-2-6-10-15/h1-13,24H,(H,22,23). The Morgan fingerprint density at radius 3 is 2.12 bits per heavy atom. The molecule has 1 heterocycles. The van der Waals surface area contributed by atoms with Crippen molar-refractivity contribution in [1.29, 1.82) is 0 Å². The molecule has 3 rings (SSSR count). The lowest BCUT2D eigenvalue weighted by atomic mass is 9.85. The largest absolute Gasteiger partial charge is 0.372 e. The van der Waals surface area contributed by atoms with Gasteiger partial charge in [-0.1, -0.05) is 60.7 Å². The molecule has 0 aliphatic rings. The van der Waals surface area contributed by atoms with Crippen molar-refractivity contribution in [3.05, 3.63) is 92.6 Å². The van der Waals surface area contributed by atoms with Crippen LogP contribution in [0.2, 0.25) is 0 Å². The van der Waals surface area contributed by atoms with E-state index in [1.165, 1.54) is 11.3 Å². The minimum Gasteiger partial charge on any atom is -0.372 e. The van der Waals surface area contributed by atoms with E-state index in [1.54, 1.807) is 54.7 Å². The van der Waals surface area contributed by atoms with E-state index in [0.29, 0.717) is 11.1 Å². The summed E-state index contributed by atoms with van der Waals surface area (Å²) in [5.74, 6) is -0.614. The second-order valence-corrected chi connectivity index (χ2v) is 7.17. The number of thiophene rings is 1. The van der Waals surface area contributed by atoms with Gasteiger partial charge in [-0.2, -0.15) is 5.10 Å². The van der Waals surface area contributed by atoms with Crippen molar-refractivity contribution >= 4 is 39.4 Å². The predicted molar refractivity (Wildman–Crippen MR) is 104 cm³/mol. The normalized spacial score (nSPS) is 11.6. The summed E-state index contributed by atoms with van der Waals surface area (Å²) >= 11 is 4.86. The van der Waals surface area contributed by atoms with Gasteiger partial charge in [-0.05, 0) is 33.1 Å². The molecule has 0 bridgehead atoms. The molecule has 126 valence electrons. The molecule has 0 fully saturated rings. The van der Waals surface area contributed by atoms with Crippen molar-refractivity contribution in [2.75, 3.05) is 0 Å². The number of benzene rings is 2. The van der Waals surface area contributed by atoms with E-state index in [1.807, 2.05) is 23.6 Å². The van der Waals surface area contributed by atoms with Crippen molar-refractivity contribution in [2.45, 2.75) is 5.60 Å². The quantitative estimate of drug-likeness (QED) is 0.491. The van der Waals surface area contributed by atoms with Crippen LogP contribution in [0.25, 0.3) is 0 Å². The van der Waals surface area contributed by atoms with Crippen molar-refractivity contribution in [2.24, 2.45) is 5.10 Å². The summed E-state index contributed by atoms with van der Waals surface area (Å²) in [4.78, 5) is 13.7. The molecule has 2 N–H and O–H groups in total. The van der Waals surface area contributed by atoms with Crippen LogP contribution in [0, 0.1) is 0 Å². The third-order valence-electron chi connectivity index (χ3n) is 3.66. The van der Waals surface area contributed by atoms with Crippen LogP contribution in [-0.2, 0) is 10.4 Å². The number of carbonyl (C=O) groups is 1. The van der Waals surface area contributed by atoms with Gasteiger partial charge in [0.2, 0.25) is 0 Å². The predicted octanol–water partition coefficient (Wildman–Crippen LogP) is 3.90. The minimum absolute atomic E-state index is 0.479. The Labute approximate surface area is 158 Å². The molecule has 0 saturated carbocycles. The summed E-state index contributed by atoms with van der Waals surface area (Å²) in [5, 5.41) is 17.1. The van der Waals surface area contributed by atoms with Gasteiger partial charge in [-0.3, -0.25) is 4.79 Å². The Kier molecular flexibility index (Phi) is 5.43. The Balaban J connectivity index is 1.89. The van der Waals surface area contributed by atoms with Crippen molar-refractivity contribution in [3.8, 4) is 0 Å². The summed E-state index contributed by atoms with van der Waals surface area (Å²) in [7, 11) is 0. The van der Waals surface area contributed by atoms with Crippen LogP contribution >= 0.6 is 27.3 Å². The molecular weight excluding hydrogens is 400 g/mol. The molecule has 6 heteroatoms. The summed E-state index contributed by atoms with van der Waals surface area (Å²) in [6.45, 7) is 0. The summed E-state index contributed by atoms with van der Waals surface area (Å²) in [6, 6.07) is 19.5. The molecule has 4 nitrogen and oxygen atoms in total. The minimum atomic E-state index is -1.82. The average Bonchev–Trinajstić information content (AvgIpc) is 3.07. The second-order valence-electron chi connectivity index (χ2n) is 5.31. The molecule has 1 aromatic heterocycles. The number of nitrogens with one attached hydrogen (secondary N) is 1. The molecule has 0 aliphatic carbocycles. The number of rotatable bonds is 5. The zero-order chi connectivity index (χ0) is 17.7. The van der Waals surface area contributed by atoms with Crippen LogP contribution in [0.4, 0.5) is 0 Å². The highest BCUT2D eigenvalue weighted by Gasteiger charge is 2.39. The lowest BCUT2D eigenvalue weighted by molar-refractivity contribution is -0.136. The Bertz CT molecular complexity index is 839. The van der Waals surface area contributed by atoms with Crippen molar-refractivity contribution in [3.63, 3.8) is 0 Å². The smallest absolute Gasteiger partial charge is 0.281 e. The highest BCUT2D eigenvalue weighted by molar-refractivity contribution is 9.10. The first-order valence-electron chi connectivity index (χ1n) is 7.51. The van der Waals surface area contributed by atoms with Crippen LogP contribution in [0.1, 0.15) is 16.0 Å². The van der Waals surface area contributed by atoms with Crippen LogP contribution in [0.5, 0.6) is 0 Å². The van der Waals surface area contributed by atoms with E-state index in [9.17, 15) is 9.90 Å². The third-order valence-corrected chi connectivity index (χ3v) is 5.29. The number of carbonyl (C=O) groups excluding carboxylic acids is 1. The lowest BCUT2D eigenvalue weighted by Gasteiger charge is -2.26. The first-order chi connectivity index (χ1) is 12.1. The highest BCUT2D eigenvalue weighted by Crippen LogP contribution is 2.29. The van der Waals surface area contributed by atoms with Crippen LogP contribution in [0.15, 0.2) is 81.7 Å². The second kappa shape index (κ2) is 7.74. The molecule has 3 aromatic rings. The molecule has 25 heavy (non-hydrogen) atoms. The summed E-state index contributed by atoms with van der Waals surface area (Å²) in [6.07, 6.45) is 1.55. The molecular formula is C19H15BrN2O2S.